The van der Waals surface area contributed by atoms with E-state index in [2.05, 4.69) is 6.92 Å². The quantitative estimate of drug-likeness (QED) is 0.316. The van der Waals surface area contributed by atoms with Crippen molar-refractivity contribution in [2.24, 2.45) is 0 Å². The predicted octanol–water partition coefficient (Wildman–Crippen LogP) is 2.85. The molecule has 0 unspecified atom stereocenters. The largest absolute Gasteiger partial charge is 0.473 e. The fraction of sp³-hybridized carbons (Fsp3) is 0.607. The van der Waals surface area contributed by atoms with Crippen LogP contribution in [0.2, 0.25) is 0 Å². The van der Waals surface area contributed by atoms with E-state index in [1.54, 1.807) is 28.2 Å². The molecule has 3 saturated heterocycles. The minimum absolute atomic E-state index is 0.121. The second-order valence-corrected chi connectivity index (χ2v) is 12.8. The molecular weight excluding hydrogens is 540 g/mol. The third-order valence-electron chi connectivity index (χ3n) is 8.39. The number of ether oxygens (including phenoxy) is 2. The van der Waals surface area contributed by atoms with E-state index >= 15 is 0 Å². The topological polar surface area (TPSA) is 117 Å². The van der Waals surface area contributed by atoms with E-state index in [4.69, 9.17) is 9.47 Å². The third kappa shape index (κ3) is 4.45. The highest BCUT2D eigenvalue weighted by Crippen LogP contribution is 2.59. The number of fused-ring (bicyclic) bond motifs is 6. The van der Waals surface area contributed by atoms with Crippen LogP contribution in [-0.4, -0.2) is 90.4 Å². The van der Waals surface area contributed by atoms with E-state index in [-0.39, 0.29) is 31.1 Å². The molecule has 1 aliphatic carbocycles. The molecule has 9 nitrogen and oxygen atoms in total. The van der Waals surface area contributed by atoms with Crippen molar-refractivity contribution < 1.29 is 34.1 Å². The van der Waals surface area contributed by atoms with Gasteiger partial charge in [-0.15, -0.1) is 23.5 Å². The number of allylic oxidation sites excluding steroid dienone is 2. The number of hydrogen-bond donors (Lipinski definition) is 2. The summed E-state index contributed by atoms with van der Waals surface area (Å²) in [6.07, 6.45) is 14.6. The highest BCUT2D eigenvalue weighted by Gasteiger charge is 2.72. The summed E-state index contributed by atoms with van der Waals surface area (Å²) in [6, 6.07) is -1.34. The summed E-state index contributed by atoms with van der Waals surface area (Å²) >= 11 is 2.57. The fourth-order valence-corrected chi connectivity index (χ4v) is 8.48. The summed E-state index contributed by atoms with van der Waals surface area (Å²) in [4.78, 5) is 42.7. The van der Waals surface area contributed by atoms with Gasteiger partial charge in [0, 0.05) is 12.8 Å². The lowest BCUT2D eigenvalue weighted by atomic mass is 9.96. The number of rotatable bonds is 9. The van der Waals surface area contributed by atoms with Crippen molar-refractivity contribution in [1.29, 1.82) is 0 Å². The smallest absolute Gasteiger partial charge is 0.309 e. The number of nitrogens with zero attached hydrogens (tertiary/aromatic N) is 2. The molecule has 5 aliphatic rings. The molecule has 5 rings (SSSR count). The van der Waals surface area contributed by atoms with Crippen molar-refractivity contribution in [3.8, 4) is 0 Å². The molecule has 0 radical (unpaired) electrons. The van der Waals surface area contributed by atoms with Crippen molar-refractivity contribution >= 4 is 41.3 Å². The summed E-state index contributed by atoms with van der Waals surface area (Å²) in [5.74, 6) is -1.04. The van der Waals surface area contributed by atoms with Crippen LogP contribution in [0.4, 0.5) is 0 Å². The van der Waals surface area contributed by atoms with Crippen LogP contribution in [0.25, 0.3) is 0 Å². The van der Waals surface area contributed by atoms with Gasteiger partial charge in [-0.1, -0.05) is 38.3 Å². The van der Waals surface area contributed by atoms with Crippen molar-refractivity contribution in [1.82, 2.24) is 9.80 Å². The molecule has 39 heavy (non-hydrogen) atoms. The molecule has 4 heterocycles. The fourth-order valence-electron chi connectivity index (χ4n) is 6.52. The Morgan fingerprint density at radius 2 is 1.77 bits per heavy atom. The molecule has 3 fully saturated rings. The highest BCUT2D eigenvalue weighted by atomic mass is 32.2. The van der Waals surface area contributed by atoms with Gasteiger partial charge in [0.15, 0.2) is 9.74 Å². The molecule has 212 valence electrons. The maximum Gasteiger partial charge on any atom is 0.309 e. The lowest BCUT2D eigenvalue weighted by Crippen LogP contribution is -2.74. The number of piperazine rings is 1. The second-order valence-electron chi connectivity index (χ2n) is 10.7. The Morgan fingerprint density at radius 3 is 2.44 bits per heavy atom. The Kier molecular flexibility index (Phi) is 7.98. The van der Waals surface area contributed by atoms with E-state index in [9.17, 15) is 24.6 Å². The standard InChI is InChI=1S/C28H36N2O7S2/c1-4-5-6-9-19(31)13-22(33)37-21-10-7-8-17-14-27(38-2)25(34)29-23-18(16-36-12-11-20(23)32)15-28(29,39-3)26(35)30(27)24(17)21/h7-8,10-12,16,19-21,23-24,31-32H,4-6,9,13-15H2,1-3H3/t19-,20-,21-,23-,24-,27+,28+/m0/s1. The first-order chi connectivity index (χ1) is 18.7. The Hall–Kier alpha value is -2.21. The zero-order chi connectivity index (χ0) is 27.9. The molecule has 0 spiro atoms. The maximum atomic E-state index is 14.6. The van der Waals surface area contributed by atoms with Gasteiger partial charge < -0.3 is 29.5 Å². The van der Waals surface area contributed by atoms with Gasteiger partial charge in [0.2, 0.25) is 0 Å². The van der Waals surface area contributed by atoms with Gasteiger partial charge >= 0.3 is 5.97 Å². The molecule has 0 bridgehead atoms. The van der Waals surface area contributed by atoms with Gasteiger partial charge in [0.25, 0.3) is 11.8 Å². The summed E-state index contributed by atoms with van der Waals surface area (Å²) in [5.41, 5.74) is 1.52. The number of carbonyl (C=O) groups excluding carboxylic acids is 3. The number of unbranched alkanes of at least 4 members (excludes halogenated alkanes) is 2. The van der Waals surface area contributed by atoms with Gasteiger partial charge in [-0.25, -0.2) is 0 Å². The maximum absolute atomic E-state index is 14.6. The van der Waals surface area contributed by atoms with Crippen LogP contribution in [0.1, 0.15) is 51.9 Å². The number of thioether (sulfide) groups is 2. The minimum Gasteiger partial charge on any atom is -0.473 e. The number of carbonyl (C=O) groups is 3. The zero-order valence-corrected chi connectivity index (χ0v) is 24.1. The van der Waals surface area contributed by atoms with Crippen molar-refractivity contribution in [2.45, 2.75) is 92.0 Å². The molecule has 0 aromatic heterocycles. The lowest BCUT2D eigenvalue weighted by molar-refractivity contribution is -0.170. The Labute approximate surface area is 237 Å². The monoisotopic (exact) mass is 576 g/mol. The number of aliphatic hydroxyl groups is 2. The van der Waals surface area contributed by atoms with E-state index in [0.717, 1.165) is 24.8 Å². The molecule has 11 heteroatoms. The molecule has 0 saturated carbocycles. The average molecular weight is 577 g/mol. The van der Waals surface area contributed by atoms with Gasteiger partial charge in [-0.3, -0.25) is 14.4 Å². The Morgan fingerprint density at radius 1 is 1.10 bits per heavy atom. The molecule has 2 N–H and O–H groups in total. The van der Waals surface area contributed by atoms with E-state index in [1.807, 2.05) is 12.3 Å². The predicted molar refractivity (Wildman–Crippen MR) is 149 cm³/mol. The second kappa shape index (κ2) is 11.0. The van der Waals surface area contributed by atoms with Crippen molar-refractivity contribution in [3.63, 3.8) is 0 Å². The first kappa shape index (κ1) is 28.3. The summed E-state index contributed by atoms with van der Waals surface area (Å²) in [7, 11) is 0. The first-order valence-corrected chi connectivity index (χ1v) is 15.9. The SMILES string of the molecule is CCCCC[C@H](O)CC(=O)O[C@H]1C=CC=C2C[C@@]3(SC)C(=O)N4[C@H]5C(=COC=C[C@@H]5O)C[C@@]4(SC)C(=O)N3[C@@H]21. The van der Waals surface area contributed by atoms with Crippen LogP contribution in [0.15, 0.2) is 48.0 Å². The molecule has 0 aromatic rings. The summed E-state index contributed by atoms with van der Waals surface area (Å²) < 4.78 is 11.3. The van der Waals surface area contributed by atoms with E-state index in [1.165, 1.54) is 42.1 Å². The molecule has 2 amide bonds. The van der Waals surface area contributed by atoms with Crippen molar-refractivity contribution in [3.05, 3.63) is 48.0 Å². The average Bonchev–Trinajstić information content (AvgIpc) is 3.39. The first-order valence-electron chi connectivity index (χ1n) is 13.5. The van der Waals surface area contributed by atoms with Crippen molar-refractivity contribution in [2.75, 3.05) is 12.5 Å². The van der Waals surface area contributed by atoms with E-state index in [0.29, 0.717) is 12.0 Å². The van der Waals surface area contributed by atoms with Crippen LogP contribution in [0.3, 0.4) is 0 Å². The summed E-state index contributed by atoms with van der Waals surface area (Å²) in [6.45, 7) is 2.08. The minimum atomic E-state index is -1.26. The van der Waals surface area contributed by atoms with Crippen LogP contribution in [0, 0.1) is 0 Å². The molecule has 7 atom stereocenters. The van der Waals surface area contributed by atoms with Gasteiger partial charge in [-0.2, -0.15) is 0 Å². The van der Waals surface area contributed by atoms with Gasteiger partial charge in [0.1, 0.15) is 6.10 Å². The summed E-state index contributed by atoms with van der Waals surface area (Å²) in [5, 5.41) is 21.3. The number of aliphatic hydroxyl groups excluding tert-OH is 2. The normalized spacial score (nSPS) is 35.3. The van der Waals surface area contributed by atoms with Crippen LogP contribution in [-0.2, 0) is 23.9 Å². The van der Waals surface area contributed by atoms with Crippen LogP contribution in [0.5, 0.6) is 0 Å². The zero-order valence-electron chi connectivity index (χ0n) is 22.4. The van der Waals surface area contributed by atoms with Gasteiger partial charge in [0.05, 0.1) is 43.2 Å². The number of amides is 2. The highest BCUT2D eigenvalue weighted by molar-refractivity contribution is 8.01. The molecule has 0 aromatic carbocycles. The molecular formula is C28H36N2O7S2. The van der Waals surface area contributed by atoms with Crippen LogP contribution >= 0.6 is 23.5 Å². The molecule has 4 aliphatic heterocycles. The van der Waals surface area contributed by atoms with Crippen LogP contribution < -0.4 is 0 Å². The lowest BCUT2D eigenvalue weighted by Gasteiger charge is -2.54. The van der Waals surface area contributed by atoms with Gasteiger partial charge in [-0.05, 0) is 42.2 Å². The third-order valence-corrected chi connectivity index (χ3v) is 10.8. The van der Waals surface area contributed by atoms with E-state index < -0.39 is 46.1 Å². The Bertz CT molecular complexity index is 1150. The number of esters is 1. The Balaban J connectivity index is 1.46. The number of hydrogen-bond acceptors (Lipinski definition) is 9.